The summed E-state index contributed by atoms with van der Waals surface area (Å²) in [5, 5.41) is 0. The van der Waals surface area contributed by atoms with E-state index in [1.807, 2.05) is 32.1 Å². The van der Waals surface area contributed by atoms with Gasteiger partial charge in [0.1, 0.15) is 0 Å². The molecule has 0 bridgehead atoms. The van der Waals surface area contributed by atoms with E-state index >= 15 is 0 Å². The Kier molecular flexibility index (Phi) is 19.4. The molecule has 0 fully saturated rings. The van der Waals surface area contributed by atoms with Gasteiger partial charge in [-0.05, 0) is 42.0 Å². The Hall–Kier alpha value is -1.50. The van der Waals surface area contributed by atoms with Gasteiger partial charge in [0.25, 0.3) is 0 Å². The lowest BCUT2D eigenvalue weighted by Crippen LogP contribution is -2.08. The average Bonchev–Trinajstić information content (AvgIpc) is 2.44. The zero-order valence-electron chi connectivity index (χ0n) is 16.9. The summed E-state index contributed by atoms with van der Waals surface area (Å²) < 4.78 is 0. The van der Waals surface area contributed by atoms with Crippen molar-refractivity contribution in [2.75, 3.05) is 0 Å². The molecule has 0 radical (unpaired) electrons. The fourth-order valence-corrected chi connectivity index (χ4v) is 1.37. The van der Waals surface area contributed by atoms with Gasteiger partial charge in [0.2, 0.25) is 0 Å². The van der Waals surface area contributed by atoms with Crippen LogP contribution in [0.15, 0.2) is 60.9 Å². The zero-order chi connectivity index (χ0) is 18.9. The lowest BCUT2D eigenvalue weighted by atomic mass is 9.85. The van der Waals surface area contributed by atoms with Crippen LogP contribution in [0.4, 0.5) is 0 Å². The van der Waals surface area contributed by atoms with Crippen molar-refractivity contribution in [2.45, 2.75) is 68.2 Å². The normalized spacial score (nSPS) is 11.8. The van der Waals surface area contributed by atoms with E-state index in [-0.39, 0.29) is 5.41 Å². The van der Waals surface area contributed by atoms with E-state index in [1.54, 1.807) is 6.20 Å². The van der Waals surface area contributed by atoms with Gasteiger partial charge in [-0.25, -0.2) is 0 Å². The summed E-state index contributed by atoms with van der Waals surface area (Å²) in [6.07, 6.45) is 13.5. The Labute approximate surface area is 146 Å². The topological polar surface area (TPSA) is 26.0 Å². The highest BCUT2D eigenvalue weighted by Gasteiger charge is 2.13. The molecule has 0 aromatic rings. The molecule has 134 valence electrons. The van der Waals surface area contributed by atoms with Gasteiger partial charge in [0.15, 0.2) is 0 Å². The number of hydrogen-bond donors (Lipinski definition) is 1. The number of hydrogen-bond acceptors (Lipinski definition) is 1. The van der Waals surface area contributed by atoms with Crippen LogP contribution in [0.2, 0.25) is 0 Å². The highest BCUT2D eigenvalue weighted by Crippen LogP contribution is 2.27. The van der Waals surface area contributed by atoms with Gasteiger partial charge in [0, 0.05) is 0 Å². The molecular formula is C22H41N. The first-order chi connectivity index (χ1) is 10.6. The maximum atomic E-state index is 5.46. The van der Waals surface area contributed by atoms with E-state index in [4.69, 9.17) is 5.73 Å². The van der Waals surface area contributed by atoms with E-state index in [0.717, 1.165) is 24.3 Å². The van der Waals surface area contributed by atoms with E-state index in [0.29, 0.717) is 0 Å². The molecular weight excluding hydrogens is 278 g/mol. The quantitative estimate of drug-likeness (QED) is 0.406. The van der Waals surface area contributed by atoms with Crippen LogP contribution in [-0.4, -0.2) is 0 Å². The summed E-state index contributed by atoms with van der Waals surface area (Å²) in [5.74, 6) is 0.833. The Bertz CT molecular complexity index is 371. The fourth-order valence-electron chi connectivity index (χ4n) is 1.37. The molecule has 0 spiro atoms. The maximum Gasteiger partial charge on any atom is -0.00595 e. The lowest BCUT2D eigenvalue weighted by Gasteiger charge is -2.20. The first kappa shape index (κ1) is 26.4. The van der Waals surface area contributed by atoms with E-state index in [2.05, 4.69) is 66.9 Å². The molecule has 0 aromatic carbocycles. The predicted octanol–water partition coefficient (Wildman–Crippen LogP) is 7.20. The lowest BCUT2D eigenvalue weighted by molar-refractivity contribution is 0.515. The summed E-state index contributed by atoms with van der Waals surface area (Å²) in [5.41, 5.74) is 7.90. The second-order valence-electron chi connectivity index (χ2n) is 6.79. The first-order valence-corrected chi connectivity index (χ1v) is 8.69. The molecule has 0 rings (SSSR count). The van der Waals surface area contributed by atoms with Crippen LogP contribution in [0.1, 0.15) is 68.2 Å². The molecule has 0 aliphatic rings. The van der Waals surface area contributed by atoms with Gasteiger partial charge in [-0.2, -0.15) is 0 Å². The SMILES string of the molecule is C=CC/C=C\C(=C)C/C=C(\C=C/N)C(C)(C)C.CC.CC(C)C. The van der Waals surface area contributed by atoms with Crippen LogP contribution in [0.25, 0.3) is 0 Å². The molecule has 0 saturated carbocycles. The summed E-state index contributed by atoms with van der Waals surface area (Å²) in [7, 11) is 0. The van der Waals surface area contributed by atoms with Crippen LogP contribution < -0.4 is 5.73 Å². The monoisotopic (exact) mass is 319 g/mol. The molecule has 0 heterocycles. The molecule has 0 aliphatic heterocycles. The second kappa shape index (κ2) is 16.9. The van der Waals surface area contributed by atoms with Crippen LogP contribution in [-0.2, 0) is 0 Å². The Morgan fingerprint density at radius 1 is 1.09 bits per heavy atom. The van der Waals surface area contributed by atoms with Crippen molar-refractivity contribution in [1.29, 1.82) is 0 Å². The standard InChI is InChI=1S/C16H25N.C4H10.C2H6/c1-6-7-8-9-14(2)10-11-15(12-13-17)16(3,4)5;1-4(2)3;1-2/h6,8-9,11-13H,1-2,7,10,17H2,3-5H3;4H,1-3H3;1-2H3/b9-8-,13-12-,15-11+;;. The zero-order valence-corrected chi connectivity index (χ0v) is 16.9. The smallest absolute Gasteiger partial charge is 0.00595 e. The largest absolute Gasteiger partial charge is 0.405 e. The van der Waals surface area contributed by atoms with Crippen LogP contribution in [0.5, 0.6) is 0 Å². The summed E-state index contributed by atoms with van der Waals surface area (Å²) in [6, 6.07) is 0. The minimum Gasteiger partial charge on any atom is -0.405 e. The fraction of sp³-hybridized carbons (Fsp3) is 0.545. The van der Waals surface area contributed by atoms with Gasteiger partial charge in [-0.15, -0.1) is 6.58 Å². The average molecular weight is 320 g/mol. The molecule has 1 nitrogen and oxygen atoms in total. The number of rotatable bonds is 6. The molecule has 0 amide bonds. The highest BCUT2D eigenvalue weighted by atomic mass is 14.5. The van der Waals surface area contributed by atoms with Gasteiger partial charge < -0.3 is 5.73 Å². The third-order valence-corrected chi connectivity index (χ3v) is 2.38. The minimum atomic E-state index is 0.112. The summed E-state index contributed by atoms with van der Waals surface area (Å²) >= 11 is 0. The predicted molar refractivity (Wildman–Crippen MR) is 110 cm³/mol. The Morgan fingerprint density at radius 3 is 1.91 bits per heavy atom. The van der Waals surface area contributed by atoms with Crippen molar-refractivity contribution >= 4 is 0 Å². The maximum absolute atomic E-state index is 5.46. The van der Waals surface area contributed by atoms with Crippen molar-refractivity contribution in [3.8, 4) is 0 Å². The Morgan fingerprint density at radius 2 is 1.57 bits per heavy atom. The molecule has 0 aliphatic carbocycles. The van der Waals surface area contributed by atoms with Crippen LogP contribution >= 0.6 is 0 Å². The van der Waals surface area contributed by atoms with Crippen molar-refractivity contribution in [2.24, 2.45) is 17.1 Å². The summed E-state index contributed by atoms with van der Waals surface area (Å²) in [6.45, 7) is 24.7. The van der Waals surface area contributed by atoms with Crippen molar-refractivity contribution in [3.63, 3.8) is 0 Å². The Balaban J connectivity index is -0.000000574. The number of nitrogens with two attached hydrogens (primary N) is 1. The second-order valence-corrected chi connectivity index (χ2v) is 6.79. The van der Waals surface area contributed by atoms with Gasteiger partial charge in [0.05, 0.1) is 0 Å². The van der Waals surface area contributed by atoms with E-state index < -0.39 is 0 Å². The van der Waals surface area contributed by atoms with Crippen LogP contribution in [0, 0.1) is 11.3 Å². The van der Waals surface area contributed by atoms with E-state index in [9.17, 15) is 0 Å². The first-order valence-electron chi connectivity index (χ1n) is 8.69. The third kappa shape index (κ3) is 22.9. The van der Waals surface area contributed by atoms with Gasteiger partial charge in [-0.1, -0.05) is 91.8 Å². The van der Waals surface area contributed by atoms with E-state index in [1.165, 1.54) is 5.57 Å². The molecule has 0 saturated heterocycles. The highest BCUT2D eigenvalue weighted by molar-refractivity contribution is 5.28. The molecule has 0 atom stereocenters. The third-order valence-electron chi connectivity index (χ3n) is 2.38. The molecule has 23 heavy (non-hydrogen) atoms. The van der Waals surface area contributed by atoms with Crippen molar-refractivity contribution in [3.05, 3.63) is 60.9 Å². The molecule has 0 aromatic heterocycles. The summed E-state index contributed by atoms with van der Waals surface area (Å²) in [4.78, 5) is 0. The van der Waals surface area contributed by atoms with Crippen molar-refractivity contribution < 1.29 is 0 Å². The van der Waals surface area contributed by atoms with Gasteiger partial charge >= 0.3 is 0 Å². The molecule has 0 unspecified atom stereocenters. The molecule has 2 N–H and O–H groups in total. The molecule has 1 heteroatoms. The van der Waals surface area contributed by atoms with Crippen molar-refractivity contribution in [1.82, 2.24) is 0 Å². The minimum absolute atomic E-state index is 0.112. The number of allylic oxidation sites excluding steroid dienone is 7. The van der Waals surface area contributed by atoms with Crippen LogP contribution in [0.3, 0.4) is 0 Å². The van der Waals surface area contributed by atoms with Gasteiger partial charge in [-0.3, -0.25) is 0 Å².